The van der Waals surface area contributed by atoms with Crippen LogP contribution >= 0.6 is 22.6 Å². The predicted molar refractivity (Wildman–Crippen MR) is 67.6 cm³/mol. The topological polar surface area (TPSA) is 103 Å². The Balaban J connectivity index is 3.52. The molecule has 0 aliphatic heterocycles. The van der Waals surface area contributed by atoms with E-state index in [2.05, 4.69) is 0 Å². The zero-order valence-electron chi connectivity index (χ0n) is 8.94. The number of nitro groups is 1. The van der Waals surface area contributed by atoms with Crippen molar-refractivity contribution in [1.82, 2.24) is 0 Å². The normalized spacial score (nSPS) is 12.5. The summed E-state index contributed by atoms with van der Waals surface area (Å²) in [6.45, 7) is 0. The maximum Gasteiger partial charge on any atom is 0.423 e. The monoisotopic (exact) mass is 410 g/mol. The molecule has 0 unspecified atom stereocenters. The Morgan fingerprint density at radius 3 is 2.26 bits per heavy atom. The number of nitrogens with two attached hydrogens (primary N) is 1. The number of hydrogen-bond donors (Lipinski definition) is 1. The van der Waals surface area contributed by atoms with Crippen LogP contribution in [0.3, 0.4) is 0 Å². The van der Waals surface area contributed by atoms with Gasteiger partial charge >= 0.3 is 6.18 Å². The van der Waals surface area contributed by atoms with Gasteiger partial charge in [-0.05, 0) is 34.2 Å². The van der Waals surface area contributed by atoms with Gasteiger partial charge in [-0.25, -0.2) is 13.6 Å². The minimum Gasteiger partial charge on any atom is -0.258 e. The van der Waals surface area contributed by atoms with E-state index in [9.17, 15) is 31.7 Å². The fourth-order valence-corrected chi connectivity index (χ4v) is 2.89. The number of halogens is 4. The Morgan fingerprint density at radius 2 is 1.89 bits per heavy atom. The summed E-state index contributed by atoms with van der Waals surface area (Å²) in [4.78, 5) is 9.40. The molecule has 0 saturated carbocycles. The molecule has 0 aliphatic rings. The van der Waals surface area contributed by atoms with E-state index < -0.39 is 38.1 Å². The number of primary sulfonamides is 1. The summed E-state index contributed by atoms with van der Waals surface area (Å²) >= 11 is 1.51. The van der Waals surface area contributed by atoms with E-state index in [1.54, 1.807) is 0 Å². The summed E-state index contributed by atoms with van der Waals surface area (Å²) in [5.41, 5.74) is -2.87. The van der Waals surface area contributed by atoms with E-state index in [1.165, 1.54) is 22.6 Å². The lowest BCUT2D eigenvalue weighted by molar-refractivity contribution is -0.388. The second-order valence-corrected chi connectivity index (χ2v) is 6.30. The maximum atomic E-state index is 12.7. The minimum atomic E-state index is -4.96. The predicted octanol–water partition coefficient (Wildman–Crippen LogP) is 2.01. The van der Waals surface area contributed by atoms with E-state index in [1.807, 2.05) is 0 Å². The van der Waals surface area contributed by atoms with Crippen LogP contribution in [0.15, 0.2) is 12.1 Å². The maximum absolute atomic E-state index is 12.7. The van der Waals surface area contributed by atoms with Crippen molar-refractivity contribution in [1.29, 1.82) is 0 Å². The molecule has 0 aliphatic carbocycles. The highest BCUT2D eigenvalue weighted by Gasteiger charge is 2.39. The first-order valence-electron chi connectivity index (χ1n) is 4.46. The molecule has 0 radical (unpaired) electrons. The van der Waals surface area contributed by atoms with Crippen LogP contribution < -0.4 is 5.14 Å². The van der Waals surface area contributed by atoms with E-state index in [0.717, 1.165) is 0 Å². The van der Waals surface area contributed by atoms with Crippen molar-refractivity contribution >= 4 is 38.3 Å². The van der Waals surface area contributed by atoms with Crippen molar-refractivity contribution in [3.8, 4) is 0 Å². The molecule has 0 fully saturated rings. The number of rotatable bonds is 3. The number of sulfonamides is 1. The van der Waals surface area contributed by atoms with Crippen LogP contribution in [0.5, 0.6) is 0 Å². The van der Waals surface area contributed by atoms with Gasteiger partial charge < -0.3 is 0 Å². The highest BCUT2D eigenvalue weighted by Crippen LogP contribution is 2.38. The van der Waals surface area contributed by atoms with Crippen molar-refractivity contribution < 1.29 is 26.5 Å². The molecule has 2 N–H and O–H groups in total. The van der Waals surface area contributed by atoms with E-state index in [4.69, 9.17) is 5.14 Å². The summed E-state index contributed by atoms with van der Waals surface area (Å²) < 4.78 is 59.8. The third kappa shape index (κ3) is 4.28. The lowest BCUT2D eigenvalue weighted by atomic mass is 10.1. The third-order valence-electron chi connectivity index (χ3n) is 2.02. The standard InChI is InChI=1S/C8H6F3IN2O4S/c9-8(10,11)5-1-4(3-19(13,17)18)6(12)2-7(5)14(15)16/h1-2H,3H2,(H2,13,17,18). The van der Waals surface area contributed by atoms with Crippen molar-refractivity contribution in [2.45, 2.75) is 11.9 Å². The van der Waals surface area contributed by atoms with Crippen LogP contribution in [0, 0.1) is 13.7 Å². The minimum absolute atomic E-state index is 0.0197. The molecule has 1 aromatic rings. The molecule has 0 heterocycles. The summed E-state index contributed by atoms with van der Waals surface area (Å²) in [6.07, 6.45) is -4.96. The molecule has 0 atom stereocenters. The zero-order chi connectivity index (χ0) is 15.0. The molecule has 1 aromatic carbocycles. The first kappa shape index (κ1) is 16.1. The molecular formula is C8H6F3IN2O4S. The van der Waals surface area contributed by atoms with Crippen molar-refractivity contribution in [3.63, 3.8) is 0 Å². The molecule has 0 saturated heterocycles. The Hall–Kier alpha value is -0.950. The average molecular weight is 410 g/mol. The average Bonchev–Trinajstić information content (AvgIpc) is 2.16. The Morgan fingerprint density at radius 1 is 1.37 bits per heavy atom. The van der Waals surface area contributed by atoms with Crippen LogP contribution in [0.25, 0.3) is 0 Å². The van der Waals surface area contributed by atoms with E-state index >= 15 is 0 Å². The Labute approximate surface area is 119 Å². The van der Waals surface area contributed by atoms with Crippen molar-refractivity contribution in [2.24, 2.45) is 5.14 Å². The number of nitro benzene ring substituents is 1. The Bertz CT molecular complexity index is 630. The molecule has 0 amide bonds. The summed E-state index contributed by atoms with van der Waals surface area (Å²) in [7, 11) is -4.04. The van der Waals surface area contributed by atoms with Crippen molar-refractivity contribution in [2.75, 3.05) is 0 Å². The third-order valence-corrected chi connectivity index (χ3v) is 3.74. The van der Waals surface area contributed by atoms with Gasteiger partial charge in [0.15, 0.2) is 0 Å². The van der Waals surface area contributed by atoms with Gasteiger partial charge in [0, 0.05) is 9.64 Å². The molecule has 19 heavy (non-hydrogen) atoms. The first-order chi connectivity index (χ1) is 8.42. The van der Waals surface area contributed by atoms with Gasteiger partial charge in [-0.2, -0.15) is 13.2 Å². The molecule has 106 valence electrons. The van der Waals surface area contributed by atoms with Gasteiger partial charge in [0.25, 0.3) is 5.69 Å². The van der Waals surface area contributed by atoms with Crippen molar-refractivity contribution in [3.05, 3.63) is 36.9 Å². The number of alkyl halides is 3. The molecule has 0 spiro atoms. The highest BCUT2D eigenvalue weighted by molar-refractivity contribution is 14.1. The quantitative estimate of drug-likeness (QED) is 0.468. The number of nitrogens with zero attached hydrogens (tertiary/aromatic N) is 1. The second kappa shape index (κ2) is 5.20. The van der Waals surface area contributed by atoms with E-state index in [-0.39, 0.29) is 9.13 Å². The first-order valence-corrected chi connectivity index (χ1v) is 7.25. The number of hydrogen-bond acceptors (Lipinski definition) is 4. The highest BCUT2D eigenvalue weighted by atomic mass is 127. The van der Waals surface area contributed by atoms with Crippen LogP contribution in [0.2, 0.25) is 0 Å². The molecule has 6 nitrogen and oxygen atoms in total. The van der Waals surface area contributed by atoms with Crippen LogP contribution in [0.4, 0.5) is 18.9 Å². The molecule has 1 rings (SSSR count). The molecule has 11 heteroatoms. The lowest BCUT2D eigenvalue weighted by Gasteiger charge is -2.11. The Kier molecular flexibility index (Phi) is 4.41. The summed E-state index contributed by atoms with van der Waals surface area (Å²) in [5.74, 6) is -0.827. The van der Waals surface area contributed by atoms with Crippen LogP contribution in [-0.4, -0.2) is 13.3 Å². The van der Waals surface area contributed by atoms with Crippen LogP contribution in [-0.2, 0) is 22.0 Å². The fraction of sp³-hybridized carbons (Fsp3) is 0.250. The SMILES string of the molecule is NS(=O)(=O)Cc1cc(C(F)(F)F)c([N+](=O)[O-])cc1I. The summed E-state index contributed by atoms with van der Waals surface area (Å²) in [6, 6.07) is 1.11. The fourth-order valence-electron chi connectivity index (χ4n) is 1.31. The molecular weight excluding hydrogens is 404 g/mol. The number of benzene rings is 1. The van der Waals surface area contributed by atoms with Crippen LogP contribution in [0.1, 0.15) is 11.1 Å². The lowest BCUT2D eigenvalue weighted by Crippen LogP contribution is -2.17. The van der Waals surface area contributed by atoms with Gasteiger partial charge in [0.2, 0.25) is 10.0 Å². The molecule has 0 bridgehead atoms. The zero-order valence-corrected chi connectivity index (χ0v) is 11.9. The largest absolute Gasteiger partial charge is 0.423 e. The van der Waals surface area contributed by atoms with E-state index in [0.29, 0.717) is 12.1 Å². The van der Waals surface area contributed by atoms with Gasteiger partial charge in [0.1, 0.15) is 5.56 Å². The second-order valence-electron chi connectivity index (χ2n) is 3.52. The van der Waals surface area contributed by atoms with Gasteiger partial charge in [-0.3, -0.25) is 10.1 Å². The van der Waals surface area contributed by atoms with Gasteiger partial charge in [-0.1, -0.05) is 0 Å². The van der Waals surface area contributed by atoms with Gasteiger partial charge in [0.05, 0.1) is 10.7 Å². The molecule has 0 aromatic heterocycles. The van der Waals surface area contributed by atoms with Gasteiger partial charge in [-0.15, -0.1) is 0 Å². The summed E-state index contributed by atoms with van der Waals surface area (Å²) in [5, 5.41) is 15.3. The smallest absolute Gasteiger partial charge is 0.258 e.